The van der Waals surface area contributed by atoms with Gasteiger partial charge < -0.3 is 36.5 Å². The van der Waals surface area contributed by atoms with Gasteiger partial charge in [-0.3, -0.25) is 19.2 Å². The molecule has 1 aromatic heterocycles. The van der Waals surface area contributed by atoms with E-state index in [1.54, 1.807) is 6.20 Å². The molecule has 1 aliphatic rings. The van der Waals surface area contributed by atoms with Crippen molar-refractivity contribution in [2.75, 3.05) is 13.1 Å². The van der Waals surface area contributed by atoms with Crippen LogP contribution in [0.4, 0.5) is 0 Å². The van der Waals surface area contributed by atoms with Crippen molar-refractivity contribution in [3.05, 3.63) is 36.0 Å². The number of rotatable bonds is 11. The highest BCUT2D eigenvalue weighted by molar-refractivity contribution is 5.93. The summed E-state index contributed by atoms with van der Waals surface area (Å²) in [7, 11) is 0. The number of H-pyrrole nitrogens is 1. The number of aromatic nitrogens is 1. The van der Waals surface area contributed by atoms with Gasteiger partial charge >= 0.3 is 11.9 Å². The molecule has 1 aromatic carbocycles. The number of aromatic amines is 1. The molecule has 1 aliphatic heterocycles. The van der Waals surface area contributed by atoms with Gasteiger partial charge in [-0.1, -0.05) is 18.2 Å². The van der Waals surface area contributed by atoms with Gasteiger partial charge in [0, 0.05) is 36.5 Å². The first kappa shape index (κ1) is 25.7. The molecule has 1 fully saturated rings. The summed E-state index contributed by atoms with van der Waals surface area (Å²) in [4.78, 5) is 64.4. The number of nitrogens with zero attached hydrogens (tertiary/aromatic N) is 1. The number of amides is 3. The van der Waals surface area contributed by atoms with Crippen LogP contribution in [0.3, 0.4) is 0 Å². The van der Waals surface area contributed by atoms with Crippen molar-refractivity contribution >= 4 is 40.6 Å². The molecule has 0 radical (unpaired) electrons. The first-order valence-electron chi connectivity index (χ1n) is 11.3. The lowest BCUT2D eigenvalue weighted by atomic mass is 10.0. The maximum atomic E-state index is 12.9. The second-order valence-electron chi connectivity index (χ2n) is 8.46. The predicted molar refractivity (Wildman–Crippen MR) is 124 cm³/mol. The molecule has 188 valence electrons. The van der Waals surface area contributed by atoms with Crippen LogP contribution >= 0.6 is 0 Å². The zero-order chi connectivity index (χ0) is 25.5. The van der Waals surface area contributed by atoms with E-state index < -0.39 is 54.3 Å². The fraction of sp³-hybridized carbons (Fsp3) is 0.435. The molecule has 0 saturated carbocycles. The molecule has 0 aliphatic carbocycles. The number of carboxylic acids is 2. The third-order valence-electron chi connectivity index (χ3n) is 6.01. The van der Waals surface area contributed by atoms with Gasteiger partial charge in [0.25, 0.3) is 0 Å². The average molecular weight is 488 g/mol. The van der Waals surface area contributed by atoms with Crippen LogP contribution in [0.5, 0.6) is 0 Å². The minimum atomic E-state index is -1.19. The number of nitrogens with one attached hydrogen (secondary N) is 3. The standard InChI is InChI=1S/C23H29N5O7/c24-15(7-8-20(30)31)21(32)26-12-19(29)28-9-3-6-18(28)22(33)27-17(23(34)35)10-13-11-25-16-5-2-1-4-14(13)16/h1-2,4-5,11,15,17-18,25H,3,6-10,12,24H2,(H,26,32)(H,27,33)(H,30,31)(H,34,35). The minimum absolute atomic E-state index is 0.0655. The Bertz CT molecular complexity index is 1110. The molecule has 3 amide bonds. The summed E-state index contributed by atoms with van der Waals surface area (Å²) in [6.07, 6.45) is 2.34. The summed E-state index contributed by atoms with van der Waals surface area (Å²) in [5.41, 5.74) is 7.23. The fourth-order valence-corrected chi connectivity index (χ4v) is 4.13. The molecule has 2 heterocycles. The molecule has 3 unspecified atom stereocenters. The maximum absolute atomic E-state index is 12.9. The Morgan fingerprint density at radius 2 is 1.91 bits per heavy atom. The van der Waals surface area contributed by atoms with E-state index in [1.807, 2.05) is 24.3 Å². The van der Waals surface area contributed by atoms with Crippen molar-refractivity contribution < 1.29 is 34.2 Å². The van der Waals surface area contributed by atoms with Gasteiger partial charge in [0.1, 0.15) is 12.1 Å². The van der Waals surface area contributed by atoms with Crippen LogP contribution < -0.4 is 16.4 Å². The second kappa shape index (κ2) is 11.5. The third kappa shape index (κ3) is 6.57. The number of nitrogens with two attached hydrogens (primary N) is 1. The minimum Gasteiger partial charge on any atom is -0.481 e. The summed E-state index contributed by atoms with van der Waals surface area (Å²) < 4.78 is 0. The van der Waals surface area contributed by atoms with Crippen LogP contribution in [0.25, 0.3) is 10.9 Å². The molecule has 2 aromatic rings. The lowest BCUT2D eigenvalue weighted by molar-refractivity contribution is -0.144. The van der Waals surface area contributed by atoms with Crippen molar-refractivity contribution in [2.45, 2.75) is 50.2 Å². The highest BCUT2D eigenvalue weighted by Gasteiger charge is 2.36. The van der Waals surface area contributed by atoms with E-state index in [-0.39, 0.29) is 25.8 Å². The van der Waals surface area contributed by atoms with Crippen molar-refractivity contribution in [2.24, 2.45) is 5.73 Å². The van der Waals surface area contributed by atoms with Crippen molar-refractivity contribution in [1.29, 1.82) is 0 Å². The zero-order valence-electron chi connectivity index (χ0n) is 19.0. The first-order chi connectivity index (χ1) is 16.7. The highest BCUT2D eigenvalue weighted by atomic mass is 16.4. The first-order valence-corrected chi connectivity index (χ1v) is 11.3. The van der Waals surface area contributed by atoms with Gasteiger partial charge in [-0.15, -0.1) is 0 Å². The molecule has 3 atom stereocenters. The average Bonchev–Trinajstić information content (AvgIpc) is 3.48. The summed E-state index contributed by atoms with van der Waals surface area (Å²) in [6.45, 7) is -0.112. The monoisotopic (exact) mass is 487 g/mol. The topological polar surface area (TPSA) is 195 Å². The Morgan fingerprint density at radius 1 is 1.17 bits per heavy atom. The van der Waals surface area contributed by atoms with Crippen LogP contribution in [0, 0.1) is 0 Å². The maximum Gasteiger partial charge on any atom is 0.326 e. The van der Waals surface area contributed by atoms with E-state index in [0.29, 0.717) is 12.8 Å². The Balaban J connectivity index is 1.58. The summed E-state index contributed by atoms with van der Waals surface area (Å²) >= 11 is 0. The van der Waals surface area contributed by atoms with E-state index in [4.69, 9.17) is 10.8 Å². The van der Waals surface area contributed by atoms with Crippen LogP contribution in [0.2, 0.25) is 0 Å². The normalized spacial score (nSPS) is 17.1. The zero-order valence-corrected chi connectivity index (χ0v) is 19.0. The van der Waals surface area contributed by atoms with E-state index in [0.717, 1.165) is 16.5 Å². The van der Waals surface area contributed by atoms with Crippen LogP contribution in [-0.2, 0) is 30.4 Å². The lowest BCUT2D eigenvalue weighted by Gasteiger charge is -2.26. The highest BCUT2D eigenvalue weighted by Crippen LogP contribution is 2.21. The number of para-hydroxylation sites is 1. The number of likely N-dealkylation sites (tertiary alicyclic amines) is 1. The number of hydrogen-bond acceptors (Lipinski definition) is 6. The molecule has 0 bridgehead atoms. The van der Waals surface area contributed by atoms with Gasteiger partial charge in [-0.2, -0.15) is 0 Å². The van der Waals surface area contributed by atoms with Crippen molar-refractivity contribution in [3.8, 4) is 0 Å². The molecule has 3 rings (SSSR count). The van der Waals surface area contributed by atoms with E-state index >= 15 is 0 Å². The van der Waals surface area contributed by atoms with Crippen molar-refractivity contribution in [3.63, 3.8) is 0 Å². The number of hydrogen-bond donors (Lipinski definition) is 6. The number of benzene rings is 1. The number of carbonyl (C=O) groups excluding carboxylic acids is 3. The number of carboxylic acid groups (broad SMARTS) is 2. The van der Waals surface area contributed by atoms with Crippen LogP contribution in [-0.4, -0.2) is 81.0 Å². The molecule has 7 N–H and O–H groups in total. The third-order valence-corrected chi connectivity index (χ3v) is 6.01. The SMILES string of the molecule is NC(CCC(=O)O)C(=O)NCC(=O)N1CCCC1C(=O)NC(Cc1c[nH]c2ccccc12)C(=O)O. The van der Waals surface area contributed by atoms with Gasteiger partial charge in [-0.25, -0.2) is 4.79 Å². The largest absolute Gasteiger partial charge is 0.481 e. The second-order valence-corrected chi connectivity index (χ2v) is 8.46. The molecule has 12 heteroatoms. The molecule has 35 heavy (non-hydrogen) atoms. The summed E-state index contributed by atoms with van der Waals surface area (Å²) in [5.74, 6) is -4.02. The van der Waals surface area contributed by atoms with Gasteiger partial charge in [0.15, 0.2) is 0 Å². The summed E-state index contributed by atoms with van der Waals surface area (Å²) in [6, 6.07) is 4.31. The molecular formula is C23H29N5O7. The van der Waals surface area contributed by atoms with E-state index in [9.17, 15) is 29.1 Å². The molecule has 0 spiro atoms. The lowest BCUT2D eigenvalue weighted by Crippen LogP contribution is -2.53. The van der Waals surface area contributed by atoms with E-state index in [2.05, 4.69) is 15.6 Å². The Morgan fingerprint density at radius 3 is 2.63 bits per heavy atom. The number of fused-ring (bicyclic) bond motifs is 1. The Kier molecular flexibility index (Phi) is 8.42. The van der Waals surface area contributed by atoms with E-state index in [1.165, 1.54) is 4.90 Å². The molecule has 12 nitrogen and oxygen atoms in total. The quantitative estimate of drug-likeness (QED) is 0.246. The number of aliphatic carboxylic acids is 2. The van der Waals surface area contributed by atoms with Crippen molar-refractivity contribution in [1.82, 2.24) is 20.5 Å². The number of carbonyl (C=O) groups is 5. The van der Waals surface area contributed by atoms with Gasteiger partial charge in [-0.05, 0) is 30.9 Å². The van der Waals surface area contributed by atoms with Gasteiger partial charge in [0.2, 0.25) is 17.7 Å². The van der Waals surface area contributed by atoms with Crippen LogP contribution in [0.1, 0.15) is 31.2 Å². The fourth-order valence-electron chi connectivity index (χ4n) is 4.13. The smallest absolute Gasteiger partial charge is 0.326 e. The Labute approximate surface area is 200 Å². The molecule has 1 saturated heterocycles. The van der Waals surface area contributed by atoms with Crippen LogP contribution in [0.15, 0.2) is 30.5 Å². The summed E-state index contributed by atoms with van der Waals surface area (Å²) in [5, 5.41) is 24.1. The molecular weight excluding hydrogens is 458 g/mol. The Hall–Kier alpha value is -3.93. The predicted octanol–water partition coefficient (Wildman–Crippen LogP) is -0.421. The van der Waals surface area contributed by atoms with Gasteiger partial charge in [0.05, 0.1) is 12.6 Å².